The lowest BCUT2D eigenvalue weighted by Gasteiger charge is -2.11. The van der Waals surface area contributed by atoms with Gasteiger partial charge in [-0.05, 0) is 52.7 Å². The molecule has 27 heavy (non-hydrogen) atoms. The number of esters is 2. The van der Waals surface area contributed by atoms with E-state index in [2.05, 4.69) is 15.9 Å². The monoisotopic (exact) mass is 428 g/mol. The molecular formula is C21H17BrO5. The summed E-state index contributed by atoms with van der Waals surface area (Å²) in [6.07, 6.45) is 3.39. The van der Waals surface area contributed by atoms with E-state index in [1.807, 2.05) is 31.2 Å². The Kier molecular flexibility index (Phi) is 5.46. The summed E-state index contributed by atoms with van der Waals surface area (Å²) < 4.78 is 16.4. The van der Waals surface area contributed by atoms with Gasteiger partial charge in [-0.15, -0.1) is 0 Å². The number of hydrogen-bond acceptors (Lipinski definition) is 5. The van der Waals surface area contributed by atoms with Crippen molar-refractivity contribution in [2.45, 2.75) is 13.8 Å². The van der Waals surface area contributed by atoms with Gasteiger partial charge in [0, 0.05) is 12.5 Å². The van der Waals surface area contributed by atoms with E-state index in [0.717, 1.165) is 11.1 Å². The van der Waals surface area contributed by atoms with E-state index in [0.29, 0.717) is 27.1 Å². The van der Waals surface area contributed by atoms with Crippen molar-refractivity contribution < 1.29 is 23.8 Å². The van der Waals surface area contributed by atoms with Crippen LogP contribution < -0.4 is 9.47 Å². The van der Waals surface area contributed by atoms with Crippen molar-refractivity contribution in [3.8, 4) is 11.5 Å². The number of ether oxygens (including phenoxy) is 3. The van der Waals surface area contributed by atoms with Crippen LogP contribution in [0.5, 0.6) is 11.5 Å². The van der Waals surface area contributed by atoms with E-state index in [1.165, 1.54) is 14.0 Å². The third-order valence-electron chi connectivity index (χ3n) is 3.88. The largest absolute Gasteiger partial charge is 0.493 e. The van der Waals surface area contributed by atoms with Gasteiger partial charge in [-0.1, -0.05) is 29.8 Å². The third kappa shape index (κ3) is 4.28. The summed E-state index contributed by atoms with van der Waals surface area (Å²) in [7, 11) is 1.48. The van der Waals surface area contributed by atoms with Crippen molar-refractivity contribution in [3.05, 3.63) is 69.2 Å². The molecule has 1 heterocycles. The molecule has 0 atom stereocenters. The Morgan fingerprint density at radius 2 is 1.89 bits per heavy atom. The number of cyclic esters (lactones) is 1. The average Bonchev–Trinajstić information content (AvgIpc) is 2.98. The number of aryl methyl sites for hydroxylation is 1. The van der Waals surface area contributed by atoms with Crippen molar-refractivity contribution in [3.63, 3.8) is 0 Å². The van der Waals surface area contributed by atoms with Gasteiger partial charge in [0.2, 0.25) is 0 Å². The smallest absolute Gasteiger partial charge is 0.343 e. The summed E-state index contributed by atoms with van der Waals surface area (Å²) >= 11 is 3.37. The van der Waals surface area contributed by atoms with Gasteiger partial charge in [-0.3, -0.25) is 4.79 Å². The van der Waals surface area contributed by atoms with Crippen LogP contribution in [0.3, 0.4) is 0 Å². The van der Waals surface area contributed by atoms with Crippen LogP contribution in [0.4, 0.5) is 0 Å². The summed E-state index contributed by atoms with van der Waals surface area (Å²) in [6.45, 7) is 3.31. The predicted octanol–water partition coefficient (Wildman–Crippen LogP) is 4.67. The second kappa shape index (κ2) is 7.80. The minimum atomic E-state index is -0.454. The standard InChI is InChI=1S/C21H17BrO5/c1-12-4-6-15(7-5-12)18-11-16(21(24)27-18)8-14-9-17(22)20(26-13(2)23)19(10-14)25-3/h4-11H,1-3H3/b16-8+. The molecule has 0 amide bonds. The molecule has 0 aromatic heterocycles. The number of carbonyl (C=O) groups is 2. The minimum Gasteiger partial charge on any atom is -0.493 e. The van der Waals surface area contributed by atoms with Crippen molar-refractivity contribution >= 4 is 39.7 Å². The van der Waals surface area contributed by atoms with Gasteiger partial charge in [0.15, 0.2) is 11.5 Å². The first-order valence-corrected chi connectivity index (χ1v) is 8.95. The maximum atomic E-state index is 12.2. The molecule has 3 rings (SSSR count). The number of rotatable bonds is 4. The first-order valence-electron chi connectivity index (χ1n) is 8.16. The molecule has 138 valence electrons. The van der Waals surface area contributed by atoms with E-state index >= 15 is 0 Å². The van der Waals surface area contributed by atoms with Crippen molar-refractivity contribution in [1.82, 2.24) is 0 Å². The van der Waals surface area contributed by atoms with E-state index in [9.17, 15) is 9.59 Å². The number of halogens is 1. The van der Waals surface area contributed by atoms with Crippen molar-refractivity contribution in [1.29, 1.82) is 0 Å². The van der Waals surface area contributed by atoms with Crippen LogP contribution >= 0.6 is 15.9 Å². The summed E-state index contributed by atoms with van der Waals surface area (Å²) in [6, 6.07) is 11.2. The highest BCUT2D eigenvalue weighted by Gasteiger charge is 2.22. The second-order valence-corrected chi connectivity index (χ2v) is 6.85. The minimum absolute atomic E-state index is 0.289. The molecule has 1 aliphatic rings. The summed E-state index contributed by atoms with van der Waals surface area (Å²) in [5, 5.41) is 0. The predicted molar refractivity (Wildman–Crippen MR) is 105 cm³/mol. The molecule has 5 nitrogen and oxygen atoms in total. The van der Waals surface area contributed by atoms with Gasteiger partial charge in [-0.25, -0.2) is 4.79 Å². The molecule has 0 aliphatic carbocycles. The van der Waals surface area contributed by atoms with Gasteiger partial charge in [0.05, 0.1) is 17.2 Å². The Hall–Kier alpha value is -2.86. The zero-order valence-corrected chi connectivity index (χ0v) is 16.6. The molecule has 2 aromatic carbocycles. The Bertz CT molecular complexity index is 971. The maximum Gasteiger partial charge on any atom is 0.343 e. The van der Waals surface area contributed by atoms with Crippen LogP contribution in [0.1, 0.15) is 23.6 Å². The Morgan fingerprint density at radius 1 is 1.19 bits per heavy atom. The fourth-order valence-electron chi connectivity index (χ4n) is 2.59. The van der Waals surface area contributed by atoms with Gasteiger partial charge < -0.3 is 14.2 Å². The van der Waals surface area contributed by atoms with E-state index < -0.39 is 11.9 Å². The van der Waals surface area contributed by atoms with Gasteiger partial charge in [-0.2, -0.15) is 0 Å². The maximum absolute atomic E-state index is 12.2. The second-order valence-electron chi connectivity index (χ2n) is 5.99. The average molecular weight is 429 g/mol. The molecule has 0 unspecified atom stereocenters. The molecule has 6 heteroatoms. The first-order chi connectivity index (χ1) is 12.9. The fourth-order valence-corrected chi connectivity index (χ4v) is 3.14. The molecule has 0 radical (unpaired) electrons. The third-order valence-corrected chi connectivity index (χ3v) is 4.47. The summed E-state index contributed by atoms with van der Waals surface area (Å²) in [4.78, 5) is 23.5. The molecule has 0 spiro atoms. The van der Waals surface area contributed by atoms with E-state index in [-0.39, 0.29) is 5.75 Å². The number of methoxy groups -OCH3 is 1. The molecule has 0 fully saturated rings. The molecule has 2 aromatic rings. The van der Waals surface area contributed by atoms with E-state index in [1.54, 1.807) is 24.3 Å². The van der Waals surface area contributed by atoms with Crippen LogP contribution in [-0.4, -0.2) is 19.0 Å². The highest BCUT2D eigenvalue weighted by atomic mass is 79.9. The lowest BCUT2D eigenvalue weighted by atomic mass is 10.1. The molecule has 0 saturated heterocycles. The highest BCUT2D eigenvalue weighted by Crippen LogP contribution is 2.38. The fraction of sp³-hybridized carbons (Fsp3) is 0.143. The summed E-state index contributed by atoms with van der Waals surface area (Å²) in [5.41, 5.74) is 3.08. The normalized spacial score (nSPS) is 14.7. The molecule has 0 N–H and O–H groups in total. The Balaban J connectivity index is 1.96. The van der Waals surface area contributed by atoms with E-state index in [4.69, 9.17) is 14.2 Å². The van der Waals surface area contributed by atoms with Crippen LogP contribution in [0, 0.1) is 6.92 Å². The lowest BCUT2D eigenvalue weighted by Crippen LogP contribution is -2.04. The topological polar surface area (TPSA) is 61.8 Å². The van der Waals surface area contributed by atoms with Crippen LogP contribution in [0.2, 0.25) is 0 Å². The lowest BCUT2D eigenvalue weighted by molar-refractivity contribution is -0.132. The van der Waals surface area contributed by atoms with Crippen LogP contribution in [0.25, 0.3) is 11.8 Å². The number of carbonyl (C=O) groups excluding carboxylic acids is 2. The van der Waals surface area contributed by atoms with Crippen molar-refractivity contribution in [2.75, 3.05) is 7.11 Å². The summed E-state index contributed by atoms with van der Waals surface area (Å²) in [5.74, 6) is 0.293. The van der Waals surface area contributed by atoms with Crippen molar-refractivity contribution in [2.24, 2.45) is 0 Å². The number of hydrogen-bond donors (Lipinski definition) is 0. The van der Waals surface area contributed by atoms with Gasteiger partial charge >= 0.3 is 11.9 Å². The molecule has 1 aliphatic heterocycles. The number of benzene rings is 2. The first kappa shape index (κ1) is 18.9. The van der Waals surface area contributed by atoms with Gasteiger partial charge in [0.1, 0.15) is 5.76 Å². The quantitative estimate of drug-likeness (QED) is 0.402. The Labute approximate surface area is 165 Å². The zero-order valence-electron chi connectivity index (χ0n) is 15.0. The van der Waals surface area contributed by atoms with Crippen LogP contribution in [-0.2, 0) is 14.3 Å². The Morgan fingerprint density at radius 3 is 2.52 bits per heavy atom. The highest BCUT2D eigenvalue weighted by molar-refractivity contribution is 9.10. The SMILES string of the molecule is COc1cc(/C=C2\C=C(c3ccc(C)cc3)OC2=O)cc(Br)c1OC(C)=O. The zero-order chi connectivity index (χ0) is 19.6. The molecule has 0 saturated carbocycles. The molecular weight excluding hydrogens is 412 g/mol. The van der Waals surface area contributed by atoms with Gasteiger partial charge in [0.25, 0.3) is 0 Å². The van der Waals surface area contributed by atoms with Crippen LogP contribution in [0.15, 0.2) is 52.5 Å². The molecule has 0 bridgehead atoms.